The van der Waals surface area contributed by atoms with E-state index in [0.717, 1.165) is 26.2 Å². The quantitative estimate of drug-likeness (QED) is 0.569. The molecule has 1 heterocycles. The third-order valence-electron chi connectivity index (χ3n) is 1.99. The summed E-state index contributed by atoms with van der Waals surface area (Å²) in [5.74, 6) is 6.70. The van der Waals surface area contributed by atoms with Crippen LogP contribution in [-0.4, -0.2) is 44.9 Å². The normalized spacial score (nSPS) is 17.7. The minimum atomic E-state index is 0.524. The summed E-state index contributed by atoms with van der Waals surface area (Å²) in [7, 11) is 1.75. The number of rotatable bonds is 4. The van der Waals surface area contributed by atoms with E-state index in [0.29, 0.717) is 12.5 Å². The molecular weight excluding hydrogens is 281 g/mol. The molecule has 0 aromatic rings. The Morgan fingerprint density at radius 2 is 2.23 bits per heavy atom. The highest BCUT2D eigenvalue weighted by molar-refractivity contribution is 14.1. The topological polar surface area (TPSA) is 21.7 Å². The van der Waals surface area contributed by atoms with E-state index in [9.17, 15) is 0 Å². The Hall–Kier alpha value is 0.170. The Morgan fingerprint density at radius 3 is 2.85 bits per heavy atom. The van der Waals surface area contributed by atoms with Gasteiger partial charge in [-0.25, -0.2) is 0 Å². The van der Waals surface area contributed by atoms with Crippen LogP contribution in [0.5, 0.6) is 0 Å². The second kappa shape index (κ2) is 6.60. The Bertz CT molecular complexity index is 194. The first-order chi connectivity index (χ1) is 6.36. The van der Waals surface area contributed by atoms with Crippen LogP contribution >= 0.6 is 23.0 Å². The fourth-order valence-electron chi connectivity index (χ4n) is 1.39. The molecule has 0 atom stereocenters. The van der Waals surface area contributed by atoms with Crippen molar-refractivity contribution in [3.05, 3.63) is 0 Å². The van der Waals surface area contributed by atoms with Crippen molar-refractivity contribution in [1.82, 2.24) is 4.90 Å². The molecule has 1 fully saturated rings. The van der Waals surface area contributed by atoms with Crippen molar-refractivity contribution in [2.45, 2.75) is 0 Å². The third-order valence-corrected chi connectivity index (χ3v) is 2.30. The Labute approximate surface area is 93.5 Å². The summed E-state index contributed by atoms with van der Waals surface area (Å²) in [5, 5.41) is 0. The lowest BCUT2D eigenvalue weighted by molar-refractivity contribution is 0.0433. The van der Waals surface area contributed by atoms with Gasteiger partial charge < -0.3 is 7.80 Å². The first-order valence-electron chi connectivity index (χ1n) is 4.27. The first-order valence-corrected chi connectivity index (χ1v) is 5.15. The molecule has 1 saturated heterocycles. The summed E-state index contributed by atoms with van der Waals surface area (Å²) in [4.78, 5) is 2.31. The number of hydrogen-bond donors (Lipinski definition) is 0. The highest BCUT2D eigenvalue weighted by Gasteiger charge is 2.25. The van der Waals surface area contributed by atoms with Crippen LogP contribution in [0.25, 0.3) is 0 Å². The highest BCUT2D eigenvalue weighted by Crippen LogP contribution is 2.13. The molecule has 1 aliphatic heterocycles. The zero-order valence-corrected chi connectivity index (χ0v) is 9.91. The van der Waals surface area contributed by atoms with Gasteiger partial charge in [0, 0.05) is 26.1 Å². The molecule has 0 aliphatic carbocycles. The SMILES string of the molecule is COCC1CN(CC#CCOI)C1. The van der Waals surface area contributed by atoms with E-state index in [4.69, 9.17) is 7.80 Å². The van der Waals surface area contributed by atoms with E-state index >= 15 is 0 Å². The van der Waals surface area contributed by atoms with Gasteiger partial charge in [-0.15, -0.1) is 0 Å². The summed E-state index contributed by atoms with van der Waals surface area (Å²) in [6.45, 7) is 4.50. The average Bonchev–Trinajstić information content (AvgIpc) is 2.07. The molecule has 0 unspecified atom stereocenters. The molecule has 0 bridgehead atoms. The van der Waals surface area contributed by atoms with Gasteiger partial charge in [-0.2, -0.15) is 0 Å². The minimum absolute atomic E-state index is 0.524. The van der Waals surface area contributed by atoms with Crippen molar-refractivity contribution in [3.63, 3.8) is 0 Å². The van der Waals surface area contributed by atoms with Gasteiger partial charge in [0.2, 0.25) is 0 Å². The van der Waals surface area contributed by atoms with Gasteiger partial charge in [0.05, 0.1) is 13.2 Å². The zero-order valence-electron chi connectivity index (χ0n) is 7.75. The number of nitrogens with zero attached hydrogens (tertiary/aromatic N) is 1. The van der Waals surface area contributed by atoms with Crippen LogP contribution in [0.3, 0.4) is 0 Å². The van der Waals surface area contributed by atoms with Gasteiger partial charge in [0.15, 0.2) is 0 Å². The number of hydrogen-bond acceptors (Lipinski definition) is 3. The first kappa shape index (κ1) is 11.2. The molecule has 0 spiro atoms. The molecule has 1 aliphatic rings. The van der Waals surface area contributed by atoms with E-state index in [1.54, 1.807) is 7.11 Å². The molecule has 0 saturated carbocycles. The Morgan fingerprint density at radius 1 is 1.46 bits per heavy atom. The second-order valence-corrected chi connectivity index (χ2v) is 3.75. The smallest absolute Gasteiger partial charge is 0.120 e. The lowest BCUT2D eigenvalue weighted by Crippen LogP contribution is -2.48. The van der Waals surface area contributed by atoms with E-state index in [1.165, 1.54) is 0 Å². The van der Waals surface area contributed by atoms with Crippen molar-refractivity contribution in [1.29, 1.82) is 0 Å². The number of halogens is 1. The molecule has 13 heavy (non-hydrogen) atoms. The van der Waals surface area contributed by atoms with E-state index in [2.05, 4.69) is 16.7 Å². The third kappa shape index (κ3) is 4.27. The summed E-state index contributed by atoms with van der Waals surface area (Å²) in [5.41, 5.74) is 0. The Balaban J connectivity index is 1.99. The van der Waals surface area contributed by atoms with Crippen molar-refractivity contribution in [2.24, 2.45) is 5.92 Å². The maximum atomic E-state index is 5.05. The molecule has 74 valence electrons. The summed E-state index contributed by atoms with van der Waals surface area (Å²) in [6, 6.07) is 0. The fourth-order valence-corrected chi connectivity index (χ4v) is 1.55. The second-order valence-electron chi connectivity index (χ2n) is 3.12. The van der Waals surface area contributed by atoms with Gasteiger partial charge in [-0.1, -0.05) is 11.8 Å². The van der Waals surface area contributed by atoms with Crippen LogP contribution < -0.4 is 0 Å². The average molecular weight is 295 g/mol. The van der Waals surface area contributed by atoms with Crippen molar-refractivity contribution < 1.29 is 7.80 Å². The van der Waals surface area contributed by atoms with Crippen molar-refractivity contribution in [3.8, 4) is 11.8 Å². The molecule has 0 aromatic carbocycles. The predicted octanol–water partition coefficient (Wildman–Crippen LogP) is 0.935. The molecule has 0 radical (unpaired) electrons. The number of ether oxygens (including phenoxy) is 1. The van der Waals surface area contributed by atoms with Crippen LogP contribution in [-0.2, 0) is 7.80 Å². The van der Waals surface area contributed by atoms with Crippen LogP contribution in [0.15, 0.2) is 0 Å². The lowest BCUT2D eigenvalue weighted by atomic mass is 10.0. The zero-order chi connectivity index (χ0) is 9.52. The molecule has 3 nitrogen and oxygen atoms in total. The molecule has 4 heteroatoms. The van der Waals surface area contributed by atoms with Crippen molar-refractivity contribution in [2.75, 3.05) is 40.0 Å². The van der Waals surface area contributed by atoms with Crippen molar-refractivity contribution >= 4 is 23.0 Å². The standard InChI is InChI=1S/C9H14INO2/c1-12-8-9-6-11(7-9)4-2-3-5-13-10/h9H,4-8H2,1H3. The van der Waals surface area contributed by atoms with Crippen LogP contribution in [0, 0.1) is 17.8 Å². The van der Waals surface area contributed by atoms with E-state index in [1.807, 2.05) is 23.0 Å². The van der Waals surface area contributed by atoms with E-state index in [-0.39, 0.29) is 0 Å². The van der Waals surface area contributed by atoms with Gasteiger partial charge in [-0.3, -0.25) is 4.90 Å². The molecule has 0 N–H and O–H groups in total. The predicted molar refractivity (Wildman–Crippen MR) is 59.6 cm³/mol. The minimum Gasteiger partial charge on any atom is -0.384 e. The largest absolute Gasteiger partial charge is 0.384 e. The van der Waals surface area contributed by atoms with Gasteiger partial charge in [-0.05, 0) is 0 Å². The van der Waals surface area contributed by atoms with Crippen LogP contribution in [0.4, 0.5) is 0 Å². The number of likely N-dealkylation sites (tertiary alicyclic amines) is 1. The van der Waals surface area contributed by atoms with Crippen LogP contribution in [0.2, 0.25) is 0 Å². The van der Waals surface area contributed by atoms with Gasteiger partial charge in [0.1, 0.15) is 29.6 Å². The summed E-state index contributed by atoms with van der Waals surface area (Å²) >= 11 is 1.85. The van der Waals surface area contributed by atoms with E-state index < -0.39 is 0 Å². The molecule has 0 amide bonds. The van der Waals surface area contributed by atoms with Crippen LogP contribution in [0.1, 0.15) is 0 Å². The molecule has 0 aromatic heterocycles. The molecule has 1 rings (SSSR count). The highest BCUT2D eigenvalue weighted by atomic mass is 127. The monoisotopic (exact) mass is 295 g/mol. The summed E-state index contributed by atoms with van der Waals surface area (Å²) in [6.07, 6.45) is 0. The fraction of sp³-hybridized carbons (Fsp3) is 0.778. The maximum absolute atomic E-state index is 5.05. The molecular formula is C9H14INO2. The Kier molecular flexibility index (Phi) is 5.71. The number of methoxy groups -OCH3 is 1. The van der Waals surface area contributed by atoms with Gasteiger partial charge >= 0.3 is 0 Å². The lowest BCUT2D eigenvalue weighted by Gasteiger charge is -2.37. The van der Waals surface area contributed by atoms with Gasteiger partial charge in [0.25, 0.3) is 0 Å². The summed E-state index contributed by atoms with van der Waals surface area (Å²) < 4.78 is 9.85. The maximum Gasteiger partial charge on any atom is 0.120 e.